The lowest BCUT2D eigenvalue weighted by molar-refractivity contribution is -0.129. The van der Waals surface area contributed by atoms with Gasteiger partial charge in [-0.3, -0.25) is 14.7 Å². The van der Waals surface area contributed by atoms with Gasteiger partial charge in [0.2, 0.25) is 11.8 Å². The smallest absolute Gasteiger partial charge is 0.233 e. The molecule has 0 saturated carbocycles. The van der Waals surface area contributed by atoms with Crippen LogP contribution in [-0.2, 0) is 9.59 Å². The monoisotopic (exact) mass is 330 g/mol. The first kappa shape index (κ1) is 16.3. The van der Waals surface area contributed by atoms with Gasteiger partial charge in [-0.05, 0) is 39.3 Å². The summed E-state index contributed by atoms with van der Waals surface area (Å²) in [7, 11) is 0. The molecule has 1 atom stereocenters. The number of H-pyrrole nitrogens is 1. The molecule has 1 unspecified atom stereocenters. The maximum Gasteiger partial charge on any atom is 0.233 e. The normalized spacial score (nSPS) is 20.4. The molecular formula is C17H22N4O3. The lowest BCUT2D eigenvalue weighted by Gasteiger charge is -2.22. The molecule has 0 radical (unpaired) electrons. The summed E-state index contributed by atoms with van der Waals surface area (Å²) in [6.45, 7) is 8.20. The molecular weight excluding hydrogens is 308 g/mol. The van der Waals surface area contributed by atoms with Gasteiger partial charge in [0.15, 0.2) is 11.6 Å². The predicted molar refractivity (Wildman–Crippen MR) is 89.4 cm³/mol. The molecule has 2 N–H and O–H groups in total. The minimum absolute atomic E-state index is 0.00190. The van der Waals surface area contributed by atoms with Gasteiger partial charge in [0.25, 0.3) is 0 Å². The van der Waals surface area contributed by atoms with E-state index < -0.39 is 5.41 Å². The van der Waals surface area contributed by atoms with Gasteiger partial charge in [0, 0.05) is 25.6 Å². The van der Waals surface area contributed by atoms with Gasteiger partial charge in [0.1, 0.15) is 11.5 Å². The molecule has 0 aromatic carbocycles. The Kier molecular flexibility index (Phi) is 3.95. The highest BCUT2D eigenvalue weighted by Crippen LogP contribution is 2.33. The van der Waals surface area contributed by atoms with Crippen LogP contribution in [0.4, 0.5) is 5.82 Å². The lowest BCUT2D eigenvalue weighted by Crippen LogP contribution is -2.37. The van der Waals surface area contributed by atoms with E-state index in [4.69, 9.17) is 4.42 Å². The number of nitrogens with zero attached hydrogens (tertiary/aromatic N) is 2. The van der Waals surface area contributed by atoms with Crippen molar-refractivity contribution in [2.45, 2.75) is 34.1 Å². The number of amides is 2. The summed E-state index contributed by atoms with van der Waals surface area (Å²) in [5.41, 5.74) is 0.974. The van der Waals surface area contributed by atoms with Crippen LogP contribution in [0.25, 0.3) is 11.5 Å². The van der Waals surface area contributed by atoms with E-state index in [-0.39, 0.29) is 11.8 Å². The van der Waals surface area contributed by atoms with E-state index in [1.54, 1.807) is 4.90 Å². The van der Waals surface area contributed by atoms with E-state index in [9.17, 15) is 9.59 Å². The predicted octanol–water partition coefficient (Wildman–Crippen LogP) is 2.48. The second kappa shape index (κ2) is 5.81. The van der Waals surface area contributed by atoms with E-state index in [0.717, 1.165) is 17.0 Å². The number of carbonyl (C=O) groups excluding carboxylic acids is 2. The summed E-state index contributed by atoms with van der Waals surface area (Å²) in [6.07, 6.45) is 0.645. The molecule has 1 aliphatic rings. The minimum atomic E-state index is -0.599. The highest BCUT2D eigenvalue weighted by molar-refractivity contribution is 5.96. The molecule has 3 rings (SSSR count). The third kappa shape index (κ3) is 2.81. The standard InChI is InChI=1S/C17H22N4O3/c1-10-5-6-13(24-10)14-11(2)15(20-19-14)18-16(23)17(4)7-8-21(9-17)12(3)22/h5-6H,7-9H2,1-4H3,(H2,18,19,20,23). The number of nitrogens with one attached hydrogen (secondary N) is 2. The van der Waals surface area contributed by atoms with Crippen molar-refractivity contribution in [3.8, 4) is 11.5 Å². The molecule has 3 heterocycles. The number of aryl methyl sites for hydroxylation is 1. The van der Waals surface area contributed by atoms with Gasteiger partial charge >= 0.3 is 0 Å². The second-order valence-electron chi connectivity index (χ2n) is 6.69. The van der Waals surface area contributed by atoms with Crippen LogP contribution in [0.15, 0.2) is 16.5 Å². The van der Waals surface area contributed by atoms with E-state index in [2.05, 4.69) is 15.5 Å². The molecule has 7 heteroatoms. The molecule has 0 bridgehead atoms. The summed E-state index contributed by atoms with van der Waals surface area (Å²) in [4.78, 5) is 25.9. The molecule has 24 heavy (non-hydrogen) atoms. The average molecular weight is 330 g/mol. The van der Waals surface area contributed by atoms with Crippen molar-refractivity contribution < 1.29 is 14.0 Å². The van der Waals surface area contributed by atoms with Crippen LogP contribution in [0.3, 0.4) is 0 Å². The van der Waals surface area contributed by atoms with Crippen molar-refractivity contribution in [2.75, 3.05) is 18.4 Å². The van der Waals surface area contributed by atoms with E-state index >= 15 is 0 Å². The van der Waals surface area contributed by atoms with Crippen molar-refractivity contribution in [3.63, 3.8) is 0 Å². The van der Waals surface area contributed by atoms with E-state index in [1.807, 2.05) is 32.9 Å². The number of furan rings is 1. The summed E-state index contributed by atoms with van der Waals surface area (Å²) in [6, 6.07) is 3.74. The Balaban J connectivity index is 1.76. The number of hydrogen-bond acceptors (Lipinski definition) is 4. The van der Waals surface area contributed by atoms with Gasteiger partial charge < -0.3 is 14.6 Å². The molecule has 7 nitrogen and oxygen atoms in total. The Morgan fingerprint density at radius 2 is 2.12 bits per heavy atom. The van der Waals surface area contributed by atoms with E-state index in [1.165, 1.54) is 6.92 Å². The van der Waals surface area contributed by atoms with Crippen molar-refractivity contribution in [1.82, 2.24) is 15.1 Å². The first-order valence-corrected chi connectivity index (χ1v) is 7.99. The number of carbonyl (C=O) groups is 2. The Morgan fingerprint density at radius 3 is 2.71 bits per heavy atom. The summed E-state index contributed by atoms with van der Waals surface area (Å²) in [5.74, 6) is 1.87. The van der Waals surface area contributed by atoms with Gasteiger partial charge in [0.05, 0.1) is 5.41 Å². The number of aromatic nitrogens is 2. The molecule has 0 aliphatic carbocycles. The highest BCUT2D eigenvalue weighted by atomic mass is 16.3. The van der Waals surface area contributed by atoms with Gasteiger partial charge in [-0.25, -0.2) is 0 Å². The Bertz CT molecular complexity index is 792. The highest BCUT2D eigenvalue weighted by Gasteiger charge is 2.41. The summed E-state index contributed by atoms with van der Waals surface area (Å²) in [5, 5.41) is 10.0. The molecule has 128 valence electrons. The first-order chi connectivity index (χ1) is 11.3. The van der Waals surface area contributed by atoms with Crippen LogP contribution in [-0.4, -0.2) is 40.0 Å². The second-order valence-corrected chi connectivity index (χ2v) is 6.69. The fraction of sp³-hybridized carbons (Fsp3) is 0.471. The fourth-order valence-corrected chi connectivity index (χ4v) is 3.00. The molecule has 0 spiro atoms. The quantitative estimate of drug-likeness (QED) is 0.904. The van der Waals surface area contributed by atoms with Crippen LogP contribution in [0.5, 0.6) is 0 Å². The van der Waals surface area contributed by atoms with Crippen LogP contribution >= 0.6 is 0 Å². The van der Waals surface area contributed by atoms with Crippen molar-refractivity contribution >= 4 is 17.6 Å². The zero-order valence-electron chi connectivity index (χ0n) is 14.4. The SMILES string of the molecule is CC(=O)N1CCC(C)(C(=O)Nc2n[nH]c(-c3ccc(C)o3)c2C)C1. The Morgan fingerprint density at radius 1 is 1.38 bits per heavy atom. The molecule has 2 aromatic heterocycles. The lowest BCUT2D eigenvalue weighted by atomic mass is 9.88. The van der Waals surface area contributed by atoms with Gasteiger partial charge in [-0.1, -0.05) is 0 Å². The van der Waals surface area contributed by atoms with Crippen LogP contribution in [0.2, 0.25) is 0 Å². The fourth-order valence-electron chi connectivity index (χ4n) is 3.00. The van der Waals surface area contributed by atoms with Crippen LogP contribution in [0, 0.1) is 19.3 Å². The average Bonchev–Trinajstić information content (AvgIpc) is 3.21. The number of hydrogen-bond donors (Lipinski definition) is 2. The Hall–Kier alpha value is -2.57. The number of anilines is 1. The zero-order chi connectivity index (χ0) is 17.5. The topological polar surface area (TPSA) is 91.2 Å². The number of likely N-dealkylation sites (tertiary alicyclic amines) is 1. The van der Waals surface area contributed by atoms with Crippen LogP contribution in [0.1, 0.15) is 31.6 Å². The molecule has 2 amide bonds. The summed E-state index contributed by atoms with van der Waals surface area (Å²) >= 11 is 0. The van der Waals surface area contributed by atoms with Crippen molar-refractivity contribution in [3.05, 3.63) is 23.5 Å². The first-order valence-electron chi connectivity index (χ1n) is 7.99. The van der Waals surface area contributed by atoms with Crippen molar-refractivity contribution in [1.29, 1.82) is 0 Å². The molecule has 2 aromatic rings. The molecule has 1 aliphatic heterocycles. The largest absolute Gasteiger partial charge is 0.460 e. The van der Waals surface area contributed by atoms with Gasteiger partial charge in [-0.2, -0.15) is 5.10 Å². The third-order valence-corrected chi connectivity index (χ3v) is 4.70. The molecule has 1 fully saturated rings. The van der Waals surface area contributed by atoms with Gasteiger partial charge in [-0.15, -0.1) is 0 Å². The third-order valence-electron chi connectivity index (χ3n) is 4.70. The Labute approximate surface area is 140 Å². The number of rotatable bonds is 3. The van der Waals surface area contributed by atoms with Crippen molar-refractivity contribution in [2.24, 2.45) is 5.41 Å². The summed E-state index contributed by atoms with van der Waals surface area (Å²) < 4.78 is 5.60. The minimum Gasteiger partial charge on any atom is -0.460 e. The maximum atomic E-state index is 12.7. The van der Waals surface area contributed by atoms with Crippen LogP contribution < -0.4 is 5.32 Å². The molecule has 1 saturated heterocycles. The number of aromatic amines is 1. The maximum absolute atomic E-state index is 12.7. The van der Waals surface area contributed by atoms with E-state index in [0.29, 0.717) is 31.1 Å². The zero-order valence-corrected chi connectivity index (χ0v) is 14.4.